The number of aromatic hydroxyl groups is 1. The number of hydrogen-bond acceptors (Lipinski definition) is 1. The van der Waals surface area contributed by atoms with Gasteiger partial charge in [0.05, 0.1) is 0 Å². The van der Waals surface area contributed by atoms with Crippen LogP contribution in [0.25, 0.3) is 0 Å². The van der Waals surface area contributed by atoms with Crippen LogP contribution in [0.15, 0.2) is 24.3 Å². The van der Waals surface area contributed by atoms with Crippen LogP contribution in [0, 0.1) is 11.3 Å². The van der Waals surface area contributed by atoms with Crippen molar-refractivity contribution in [3.05, 3.63) is 29.8 Å². The van der Waals surface area contributed by atoms with E-state index in [1.54, 1.807) is 12.1 Å². The third-order valence-corrected chi connectivity index (χ3v) is 5.50. The number of hydrogen-bond donors (Lipinski definition) is 1. The van der Waals surface area contributed by atoms with Gasteiger partial charge >= 0.3 is 0 Å². The van der Waals surface area contributed by atoms with Crippen LogP contribution in [0.5, 0.6) is 5.75 Å². The Kier molecular flexibility index (Phi) is 5.77. The fourth-order valence-corrected chi connectivity index (χ4v) is 3.84. The normalized spacial score (nSPS) is 26.6. The molecular weight excluding hydrogens is 268 g/mol. The van der Waals surface area contributed by atoms with Gasteiger partial charge in [0.25, 0.3) is 0 Å². The van der Waals surface area contributed by atoms with Gasteiger partial charge in [-0.05, 0) is 61.1 Å². The SMILES string of the molecule is CCCCC1CCC(CCl)(Cc2ccc(O)cc2)CC1. The van der Waals surface area contributed by atoms with Crippen molar-refractivity contribution in [1.29, 1.82) is 0 Å². The number of unbranched alkanes of at least 4 members (excludes halogenated alkanes) is 1. The summed E-state index contributed by atoms with van der Waals surface area (Å²) in [5, 5.41) is 9.38. The van der Waals surface area contributed by atoms with Crippen molar-refractivity contribution in [2.24, 2.45) is 11.3 Å². The molecular formula is C18H27ClO. The highest BCUT2D eigenvalue weighted by molar-refractivity contribution is 6.18. The second-order valence-corrected chi connectivity index (χ2v) is 6.83. The van der Waals surface area contributed by atoms with Gasteiger partial charge in [0, 0.05) is 5.88 Å². The lowest BCUT2D eigenvalue weighted by Gasteiger charge is -2.39. The first-order valence-electron chi connectivity index (χ1n) is 8.01. The zero-order valence-corrected chi connectivity index (χ0v) is 13.3. The van der Waals surface area contributed by atoms with Crippen molar-refractivity contribution in [1.82, 2.24) is 0 Å². The fraction of sp³-hybridized carbons (Fsp3) is 0.667. The van der Waals surface area contributed by atoms with Gasteiger partial charge < -0.3 is 5.11 Å². The molecule has 2 heteroatoms. The van der Waals surface area contributed by atoms with Crippen LogP contribution in [-0.2, 0) is 6.42 Å². The van der Waals surface area contributed by atoms with E-state index in [0.29, 0.717) is 5.75 Å². The lowest BCUT2D eigenvalue weighted by Crippen LogP contribution is -2.31. The number of benzene rings is 1. The van der Waals surface area contributed by atoms with Gasteiger partial charge in [-0.3, -0.25) is 0 Å². The van der Waals surface area contributed by atoms with Crippen LogP contribution < -0.4 is 0 Å². The van der Waals surface area contributed by atoms with E-state index in [4.69, 9.17) is 11.6 Å². The first kappa shape index (κ1) is 15.7. The van der Waals surface area contributed by atoms with Crippen LogP contribution in [-0.4, -0.2) is 11.0 Å². The van der Waals surface area contributed by atoms with Crippen LogP contribution in [0.2, 0.25) is 0 Å². The number of phenolic OH excluding ortho intramolecular Hbond substituents is 1. The zero-order chi connectivity index (χ0) is 14.4. The Morgan fingerprint density at radius 3 is 2.40 bits per heavy atom. The van der Waals surface area contributed by atoms with Gasteiger partial charge in [0.1, 0.15) is 5.75 Å². The summed E-state index contributed by atoms with van der Waals surface area (Å²) in [5.74, 6) is 2.03. The summed E-state index contributed by atoms with van der Waals surface area (Å²) in [7, 11) is 0. The monoisotopic (exact) mass is 294 g/mol. The highest BCUT2D eigenvalue weighted by Gasteiger charge is 2.34. The molecule has 1 aliphatic carbocycles. The van der Waals surface area contributed by atoms with Gasteiger partial charge in [-0.15, -0.1) is 11.6 Å². The summed E-state index contributed by atoms with van der Waals surface area (Å²) in [6.07, 6.45) is 10.3. The average molecular weight is 295 g/mol. The summed E-state index contributed by atoms with van der Waals surface area (Å²) < 4.78 is 0. The van der Waals surface area contributed by atoms with Crippen molar-refractivity contribution in [2.45, 2.75) is 58.3 Å². The number of halogens is 1. The Morgan fingerprint density at radius 1 is 1.20 bits per heavy atom. The predicted molar refractivity (Wildman–Crippen MR) is 86.4 cm³/mol. The predicted octanol–water partition coefficient (Wildman–Crippen LogP) is 5.54. The van der Waals surface area contributed by atoms with Crippen molar-refractivity contribution in [2.75, 3.05) is 5.88 Å². The third kappa shape index (κ3) is 4.15. The molecule has 2 rings (SSSR count). The molecule has 0 heterocycles. The minimum atomic E-state index is 0.279. The van der Waals surface area contributed by atoms with E-state index in [2.05, 4.69) is 6.92 Å². The summed E-state index contributed by atoms with van der Waals surface area (Å²) in [6.45, 7) is 2.27. The van der Waals surface area contributed by atoms with Gasteiger partial charge in [-0.25, -0.2) is 0 Å². The van der Waals surface area contributed by atoms with Gasteiger partial charge in [-0.2, -0.15) is 0 Å². The van der Waals surface area contributed by atoms with Crippen molar-refractivity contribution in [3.8, 4) is 5.75 Å². The fourth-order valence-electron chi connectivity index (χ4n) is 3.48. The van der Waals surface area contributed by atoms with E-state index >= 15 is 0 Å². The summed E-state index contributed by atoms with van der Waals surface area (Å²) in [4.78, 5) is 0. The van der Waals surface area contributed by atoms with E-state index < -0.39 is 0 Å². The molecule has 1 aliphatic rings. The van der Waals surface area contributed by atoms with E-state index in [1.807, 2.05) is 12.1 Å². The maximum Gasteiger partial charge on any atom is 0.115 e. The first-order valence-corrected chi connectivity index (χ1v) is 8.55. The van der Waals surface area contributed by atoms with Crippen molar-refractivity contribution < 1.29 is 5.11 Å². The number of phenols is 1. The Bertz CT molecular complexity index is 390. The van der Waals surface area contributed by atoms with E-state index in [1.165, 1.54) is 50.5 Å². The molecule has 0 saturated heterocycles. The Hall–Kier alpha value is -0.690. The van der Waals surface area contributed by atoms with Crippen LogP contribution in [0.1, 0.15) is 57.4 Å². The number of alkyl halides is 1. The standard InChI is InChI=1S/C18H27ClO/c1-2-3-4-15-9-11-18(14-19,12-10-15)13-16-5-7-17(20)8-6-16/h5-8,15,20H,2-4,9-14H2,1H3. The van der Waals surface area contributed by atoms with Crippen LogP contribution in [0.4, 0.5) is 0 Å². The van der Waals surface area contributed by atoms with Gasteiger partial charge in [0.2, 0.25) is 0 Å². The van der Waals surface area contributed by atoms with E-state index in [0.717, 1.165) is 18.2 Å². The Morgan fingerprint density at radius 2 is 1.85 bits per heavy atom. The summed E-state index contributed by atoms with van der Waals surface area (Å²) in [6, 6.07) is 7.63. The molecule has 1 saturated carbocycles. The molecule has 1 aromatic carbocycles. The van der Waals surface area contributed by atoms with Crippen LogP contribution >= 0.6 is 11.6 Å². The smallest absolute Gasteiger partial charge is 0.115 e. The molecule has 0 spiro atoms. The summed E-state index contributed by atoms with van der Waals surface area (Å²) in [5.41, 5.74) is 1.58. The number of rotatable bonds is 6. The summed E-state index contributed by atoms with van der Waals surface area (Å²) >= 11 is 6.32. The minimum absolute atomic E-state index is 0.279. The second kappa shape index (κ2) is 7.36. The molecule has 1 N–H and O–H groups in total. The topological polar surface area (TPSA) is 20.2 Å². The highest BCUT2D eigenvalue weighted by Crippen LogP contribution is 2.43. The quantitative estimate of drug-likeness (QED) is 0.683. The molecule has 1 nitrogen and oxygen atoms in total. The van der Waals surface area contributed by atoms with Crippen molar-refractivity contribution in [3.63, 3.8) is 0 Å². The molecule has 0 unspecified atom stereocenters. The third-order valence-electron chi connectivity index (χ3n) is 4.93. The Labute approximate surface area is 128 Å². The molecule has 0 bridgehead atoms. The van der Waals surface area contributed by atoms with Crippen molar-refractivity contribution >= 4 is 11.6 Å². The van der Waals surface area contributed by atoms with Gasteiger partial charge in [0.15, 0.2) is 0 Å². The Balaban J connectivity index is 1.92. The maximum absolute atomic E-state index is 9.38. The minimum Gasteiger partial charge on any atom is -0.508 e. The van der Waals surface area contributed by atoms with Crippen LogP contribution in [0.3, 0.4) is 0 Å². The molecule has 0 radical (unpaired) electrons. The largest absolute Gasteiger partial charge is 0.508 e. The molecule has 0 aromatic heterocycles. The molecule has 0 aliphatic heterocycles. The maximum atomic E-state index is 9.38. The highest BCUT2D eigenvalue weighted by atomic mass is 35.5. The lowest BCUT2D eigenvalue weighted by atomic mass is 9.68. The second-order valence-electron chi connectivity index (χ2n) is 6.56. The first-order chi connectivity index (χ1) is 9.67. The average Bonchev–Trinajstić information content (AvgIpc) is 2.49. The molecule has 1 fully saturated rings. The molecule has 0 amide bonds. The van der Waals surface area contributed by atoms with E-state index in [9.17, 15) is 5.11 Å². The molecule has 20 heavy (non-hydrogen) atoms. The molecule has 112 valence electrons. The molecule has 0 atom stereocenters. The molecule has 1 aromatic rings. The van der Waals surface area contributed by atoms with E-state index in [-0.39, 0.29) is 5.41 Å². The van der Waals surface area contributed by atoms with Gasteiger partial charge in [-0.1, -0.05) is 38.3 Å². The lowest BCUT2D eigenvalue weighted by molar-refractivity contribution is 0.166. The zero-order valence-electron chi connectivity index (χ0n) is 12.6.